The summed E-state index contributed by atoms with van der Waals surface area (Å²) in [4.78, 5) is 50.1. The molecule has 3 rings (SSSR count). The topological polar surface area (TPSA) is 140 Å². The van der Waals surface area contributed by atoms with Gasteiger partial charge < -0.3 is 25.2 Å². The predicted octanol–water partition coefficient (Wildman–Crippen LogP) is 1.28. The van der Waals surface area contributed by atoms with Crippen LogP contribution in [0.25, 0.3) is 0 Å². The van der Waals surface area contributed by atoms with Gasteiger partial charge in [0.15, 0.2) is 0 Å². The highest BCUT2D eigenvalue weighted by Gasteiger charge is 2.32. The fourth-order valence-corrected chi connectivity index (χ4v) is 3.49. The van der Waals surface area contributed by atoms with Crippen molar-refractivity contribution in [2.45, 2.75) is 51.8 Å². The number of aryl methyl sites for hydroxylation is 1. The van der Waals surface area contributed by atoms with Crippen molar-refractivity contribution in [1.82, 2.24) is 21.1 Å². The number of benzene rings is 1. The van der Waals surface area contributed by atoms with Crippen molar-refractivity contribution in [1.29, 1.82) is 0 Å². The summed E-state index contributed by atoms with van der Waals surface area (Å²) < 4.78 is 10.4. The van der Waals surface area contributed by atoms with E-state index in [1.54, 1.807) is 20.0 Å². The Bertz CT molecular complexity index is 988. The van der Waals surface area contributed by atoms with Crippen molar-refractivity contribution in [3.05, 3.63) is 53.4 Å². The number of carbonyl (C=O) groups is 4. The molecule has 2 heterocycles. The molecule has 0 bridgehead atoms. The summed E-state index contributed by atoms with van der Waals surface area (Å²) in [5.41, 5.74) is 1.63. The van der Waals surface area contributed by atoms with E-state index in [1.165, 1.54) is 0 Å². The van der Waals surface area contributed by atoms with Crippen LogP contribution < -0.4 is 16.0 Å². The molecule has 0 saturated carbocycles. The van der Waals surface area contributed by atoms with Gasteiger partial charge in [0.2, 0.25) is 11.7 Å². The molecule has 2 unspecified atom stereocenters. The Hall–Kier alpha value is -3.69. The predicted molar refractivity (Wildman–Crippen MR) is 117 cm³/mol. The van der Waals surface area contributed by atoms with E-state index in [9.17, 15) is 19.2 Å². The van der Waals surface area contributed by atoms with Crippen molar-refractivity contribution in [3.63, 3.8) is 0 Å². The molecule has 0 radical (unpaired) electrons. The van der Waals surface area contributed by atoms with Crippen molar-refractivity contribution in [2.75, 3.05) is 6.54 Å². The standard InChI is InChI=1S/C23H28N4O6/c1-14(2)19(27-23(31)32-13-15-6-4-3-5-7-15)21(29)26-17-9-8-16-12-25-33-18(16)10-11-24-22(30)20(17)28/h3-7,12,14,17,19H,8-11,13H2,1-2H3,(H,24,30)(H,26,29)(H,27,31). The summed E-state index contributed by atoms with van der Waals surface area (Å²) >= 11 is 0. The van der Waals surface area contributed by atoms with Crippen LogP contribution in [-0.2, 0) is 38.6 Å². The molecule has 2 aromatic rings. The van der Waals surface area contributed by atoms with E-state index in [0.717, 1.165) is 11.1 Å². The first-order valence-corrected chi connectivity index (χ1v) is 10.9. The van der Waals surface area contributed by atoms with E-state index >= 15 is 0 Å². The number of ether oxygens (including phenoxy) is 1. The van der Waals surface area contributed by atoms with Crippen molar-refractivity contribution < 1.29 is 28.4 Å². The van der Waals surface area contributed by atoms with Gasteiger partial charge in [-0.25, -0.2) is 4.79 Å². The first-order valence-electron chi connectivity index (χ1n) is 10.9. The molecule has 1 aliphatic heterocycles. The number of hydrogen-bond acceptors (Lipinski definition) is 7. The van der Waals surface area contributed by atoms with E-state index in [4.69, 9.17) is 9.26 Å². The minimum atomic E-state index is -1.05. The average molecular weight is 456 g/mol. The molecular formula is C23H28N4O6. The van der Waals surface area contributed by atoms with Gasteiger partial charge in [-0.15, -0.1) is 0 Å². The number of alkyl carbamates (subject to hydrolysis) is 1. The van der Waals surface area contributed by atoms with E-state index in [2.05, 4.69) is 21.1 Å². The summed E-state index contributed by atoms with van der Waals surface area (Å²) in [5, 5.41) is 11.5. The molecule has 0 fully saturated rings. The molecule has 10 heteroatoms. The lowest BCUT2D eigenvalue weighted by atomic mass is 9.98. The maximum absolute atomic E-state index is 13.0. The number of amides is 3. The van der Waals surface area contributed by atoms with Crippen LogP contribution in [0.2, 0.25) is 0 Å². The second kappa shape index (κ2) is 11.3. The van der Waals surface area contributed by atoms with Gasteiger partial charge in [-0.3, -0.25) is 14.4 Å². The average Bonchev–Trinajstić information content (AvgIpc) is 3.25. The van der Waals surface area contributed by atoms with Gasteiger partial charge in [0.1, 0.15) is 18.4 Å². The zero-order chi connectivity index (χ0) is 23.8. The Morgan fingerprint density at radius 1 is 1.21 bits per heavy atom. The Balaban J connectivity index is 1.64. The summed E-state index contributed by atoms with van der Waals surface area (Å²) in [6.07, 6.45) is 1.84. The van der Waals surface area contributed by atoms with Gasteiger partial charge in [-0.1, -0.05) is 49.3 Å². The smallest absolute Gasteiger partial charge is 0.408 e. The molecule has 3 N–H and O–H groups in total. The summed E-state index contributed by atoms with van der Waals surface area (Å²) in [6.45, 7) is 3.79. The number of aromatic nitrogens is 1. The molecular weight excluding hydrogens is 428 g/mol. The summed E-state index contributed by atoms with van der Waals surface area (Å²) in [6, 6.07) is 7.14. The van der Waals surface area contributed by atoms with Gasteiger partial charge in [-0.2, -0.15) is 0 Å². The quantitative estimate of drug-likeness (QED) is 0.557. The minimum Gasteiger partial charge on any atom is -0.445 e. The molecule has 0 spiro atoms. The first kappa shape index (κ1) is 24.0. The number of carbonyl (C=O) groups excluding carboxylic acids is 4. The van der Waals surface area contributed by atoms with Gasteiger partial charge >= 0.3 is 6.09 Å². The fourth-order valence-electron chi connectivity index (χ4n) is 3.49. The van der Waals surface area contributed by atoms with E-state index < -0.39 is 35.8 Å². The third kappa shape index (κ3) is 6.64. The Kier molecular flexibility index (Phi) is 8.17. The van der Waals surface area contributed by atoms with Crippen LogP contribution >= 0.6 is 0 Å². The molecule has 0 aliphatic carbocycles. The number of nitrogens with zero attached hydrogens (tertiary/aromatic N) is 1. The molecule has 33 heavy (non-hydrogen) atoms. The second-order valence-electron chi connectivity index (χ2n) is 8.17. The Morgan fingerprint density at radius 3 is 2.70 bits per heavy atom. The van der Waals surface area contributed by atoms with Crippen LogP contribution in [0.4, 0.5) is 4.79 Å². The van der Waals surface area contributed by atoms with E-state index in [1.807, 2.05) is 30.3 Å². The minimum absolute atomic E-state index is 0.0570. The maximum Gasteiger partial charge on any atom is 0.408 e. The number of nitrogens with one attached hydrogen (secondary N) is 3. The highest BCUT2D eigenvalue weighted by Crippen LogP contribution is 2.14. The van der Waals surface area contributed by atoms with Crippen LogP contribution in [0.15, 0.2) is 41.1 Å². The highest BCUT2D eigenvalue weighted by atomic mass is 16.5. The Morgan fingerprint density at radius 2 is 1.97 bits per heavy atom. The normalized spacial score (nSPS) is 17.5. The lowest BCUT2D eigenvalue weighted by molar-refractivity contribution is -0.140. The third-order valence-electron chi connectivity index (χ3n) is 5.36. The molecule has 0 saturated heterocycles. The number of rotatable bonds is 6. The fraction of sp³-hybridized carbons (Fsp3) is 0.435. The van der Waals surface area contributed by atoms with Gasteiger partial charge in [0.05, 0.1) is 12.2 Å². The zero-order valence-corrected chi connectivity index (χ0v) is 18.6. The maximum atomic E-state index is 13.0. The number of Topliss-reactive ketones (excluding diaryl/α,β-unsaturated/α-hetero) is 1. The van der Waals surface area contributed by atoms with Gasteiger partial charge in [0.25, 0.3) is 5.91 Å². The largest absolute Gasteiger partial charge is 0.445 e. The van der Waals surface area contributed by atoms with Crippen LogP contribution in [0.3, 0.4) is 0 Å². The molecule has 10 nitrogen and oxygen atoms in total. The monoisotopic (exact) mass is 456 g/mol. The van der Waals surface area contributed by atoms with E-state index in [0.29, 0.717) is 18.6 Å². The van der Waals surface area contributed by atoms with Crippen molar-refractivity contribution in [2.24, 2.45) is 5.92 Å². The zero-order valence-electron chi connectivity index (χ0n) is 18.6. The molecule has 3 amide bonds. The van der Waals surface area contributed by atoms with Crippen molar-refractivity contribution >= 4 is 23.7 Å². The molecule has 1 aromatic carbocycles. The first-order chi connectivity index (χ1) is 15.8. The molecule has 1 aromatic heterocycles. The molecule has 2 atom stereocenters. The van der Waals surface area contributed by atoms with Crippen LogP contribution in [0.1, 0.15) is 37.2 Å². The van der Waals surface area contributed by atoms with Gasteiger partial charge in [0, 0.05) is 18.5 Å². The van der Waals surface area contributed by atoms with Crippen LogP contribution in [0.5, 0.6) is 0 Å². The lowest BCUT2D eigenvalue weighted by Gasteiger charge is -2.25. The summed E-state index contributed by atoms with van der Waals surface area (Å²) in [5.74, 6) is -1.74. The number of fused-ring (bicyclic) bond motifs is 1. The van der Waals surface area contributed by atoms with Crippen LogP contribution in [-0.4, -0.2) is 47.5 Å². The van der Waals surface area contributed by atoms with Crippen molar-refractivity contribution in [3.8, 4) is 0 Å². The summed E-state index contributed by atoms with van der Waals surface area (Å²) in [7, 11) is 0. The van der Waals surface area contributed by atoms with Gasteiger partial charge in [-0.05, 0) is 24.3 Å². The highest BCUT2D eigenvalue weighted by molar-refractivity contribution is 6.38. The molecule has 176 valence electrons. The second-order valence-corrected chi connectivity index (χ2v) is 8.17. The number of ketones is 1. The third-order valence-corrected chi connectivity index (χ3v) is 5.36. The lowest BCUT2D eigenvalue weighted by Crippen LogP contribution is -2.55. The number of hydrogen-bond donors (Lipinski definition) is 3. The SMILES string of the molecule is CC(C)C(NC(=O)OCc1ccccc1)C(=O)NC1CCc2cnoc2CCNC(=O)C1=O. The molecule has 1 aliphatic rings. The Labute approximate surface area is 191 Å². The van der Waals surface area contributed by atoms with E-state index in [-0.39, 0.29) is 25.5 Å². The van der Waals surface area contributed by atoms with Crippen LogP contribution in [0, 0.1) is 5.92 Å².